The predicted octanol–water partition coefficient (Wildman–Crippen LogP) is 4.05. The van der Waals surface area contributed by atoms with Crippen LogP contribution in [-0.4, -0.2) is 31.4 Å². The molecule has 8 heteroatoms. The number of anilines is 1. The first kappa shape index (κ1) is 18.4. The second kappa shape index (κ2) is 7.88. The summed E-state index contributed by atoms with van der Waals surface area (Å²) in [7, 11) is 0. The van der Waals surface area contributed by atoms with Crippen LogP contribution in [0.3, 0.4) is 0 Å². The van der Waals surface area contributed by atoms with Crippen molar-refractivity contribution < 1.29 is 4.79 Å². The van der Waals surface area contributed by atoms with Crippen LogP contribution in [0.4, 0.5) is 5.69 Å². The number of aryl methyl sites for hydroxylation is 2. The molecule has 0 bridgehead atoms. The predicted molar refractivity (Wildman–Crippen MR) is 104 cm³/mol. The minimum atomic E-state index is -0.387. The molecule has 0 unspecified atom stereocenters. The molecule has 0 aliphatic carbocycles. The molecule has 0 aliphatic rings. The van der Waals surface area contributed by atoms with Gasteiger partial charge < -0.3 is 5.32 Å². The van der Waals surface area contributed by atoms with Crippen molar-refractivity contribution in [2.24, 2.45) is 0 Å². The molecule has 1 aromatic heterocycles. The average Bonchev–Trinajstić information content (AvgIpc) is 3.06. The van der Waals surface area contributed by atoms with E-state index in [1.165, 1.54) is 11.8 Å². The highest BCUT2D eigenvalue weighted by molar-refractivity contribution is 8.00. The second-order valence-corrected chi connectivity index (χ2v) is 7.61. The van der Waals surface area contributed by atoms with Crippen LogP contribution in [0.5, 0.6) is 0 Å². The number of thioether (sulfide) groups is 1. The number of rotatable bonds is 5. The van der Waals surface area contributed by atoms with Crippen LogP contribution < -0.4 is 5.32 Å². The van der Waals surface area contributed by atoms with Crippen LogP contribution in [0, 0.1) is 13.8 Å². The van der Waals surface area contributed by atoms with Crippen LogP contribution in [0.2, 0.25) is 5.02 Å². The molecule has 1 atom stereocenters. The van der Waals surface area contributed by atoms with Gasteiger partial charge >= 0.3 is 0 Å². The van der Waals surface area contributed by atoms with Crippen LogP contribution in [0.25, 0.3) is 5.69 Å². The van der Waals surface area contributed by atoms with Gasteiger partial charge in [0.1, 0.15) is 0 Å². The number of aromatic nitrogens is 4. The van der Waals surface area contributed by atoms with Crippen molar-refractivity contribution in [3.63, 3.8) is 0 Å². The smallest absolute Gasteiger partial charge is 0.237 e. The first-order valence-corrected chi connectivity index (χ1v) is 9.29. The number of nitrogens with one attached hydrogen (secondary N) is 1. The molecule has 3 aromatic rings. The highest BCUT2D eigenvalue weighted by atomic mass is 35.5. The average molecular weight is 388 g/mol. The van der Waals surface area contributed by atoms with Crippen LogP contribution in [0.1, 0.15) is 18.1 Å². The SMILES string of the molecule is Cc1ccc(Cl)cc1NC(=O)[C@H](C)Sc1nnnn1-c1ccccc1C. The lowest BCUT2D eigenvalue weighted by molar-refractivity contribution is -0.115. The molecular weight excluding hydrogens is 370 g/mol. The maximum Gasteiger partial charge on any atom is 0.237 e. The van der Waals surface area contributed by atoms with Crippen molar-refractivity contribution in [1.29, 1.82) is 0 Å². The first-order valence-electron chi connectivity index (χ1n) is 8.04. The number of nitrogens with zero attached hydrogens (tertiary/aromatic N) is 4. The molecule has 1 amide bonds. The summed E-state index contributed by atoms with van der Waals surface area (Å²) in [5.41, 5.74) is 3.59. The van der Waals surface area contributed by atoms with Crippen molar-refractivity contribution in [3.05, 3.63) is 58.6 Å². The first-order chi connectivity index (χ1) is 12.5. The maximum absolute atomic E-state index is 12.6. The van der Waals surface area contributed by atoms with E-state index in [0.717, 1.165) is 16.8 Å². The molecule has 1 heterocycles. The number of hydrogen-bond donors (Lipinski definition) is 1. The van der Waals surface area contributed by atoms with Crippen molar-refractivity contribution in [2.45, 2.75) is 31.2 Å². The third-order valence-electron chi connectivity index (χ3n) is 3.89. The lowest BCUT2D eigenvalue weighted by Crippen LogP contribution is -2.23. The number of tetrazole rings is 1. The monoisotopic (exact) mass is 387 g/mol. The Morgan fingerprint density at radius 3 is 2.73 bits per heavy atom. The summed E-state index contributed by atoms with van der Waals surface area (Å²) in [6.45, 7) is 5.72. The van der Waals surface area contributed by atoms with Gasteiger partial charge in [-0.05, 0) is 60.5 Å². The van der Waals surface area contributed by atoms with E-state index in [9.17, 15) is 4.79 Å². The third kappa shape index (κ3) is 4.05. The molecule has 1 N–H and O–H groups in total. The van der Waals surface area contributed by atoms with Crippen LogP contribution in [-0.2, 0) is 4.79 Å². The van der Waals surface area contributed by atoms with Crippen molar-refractivity contribution in [3.8, 4) is 5.69 Å². The Bertz CT molecular complexity index is 943. The largest absolute Gasteiger partial charge is 0.325 e. The molecule has 3 rings (SSSR count). The van der Waals surface area contributed by atoms with Gasteiger partial charge in [-0.2, -0.15) is 4.68 Å². The lowest BCUT2D eigenvalue weighted by Gasteiger charge is -2.14. The van der Waals surface area contributed by atoms with E-state index in [0.29, 0.717) is 15.9 Å². The van der Waals surface area contributed by atoms with E-state index in [-0.39, 0.29) is 11.2 Å². The highest BCUT2D eigenvalue weighted by Gasteiger charge is 2.20. The zero-order chi connectivity index (χ0) is 18.7. The maximum atomic E-state index is 12.6. The number of benzene rings is 2. The normalized spacial score (nSPS) is 12.0. The number of hydrogen-bond acceptors (Lipinski definition) is 5. The van der Waals surface area contributed by atoms with Gasteiger partial charge in [0, 0.05) is 10.7 Å². The highest BCUT2D eigenvalue weighted by Crippen LogP contribution is 2.26. The molecule has 134 valence electrons. The zero-order valence-electron chi connectivity index (χ0n) is 14.6. The molecule has 26 heavy (non-hydrogen) atoms. The zero-order valence-corrected chi connectivity index (χ0v) is 16.2. The van der Waals surface area contributed by atoms with Gasteiger partial charge in [-0.3, -0.25) is 4.79 Å². The van der Waals surface area contributed by atoms with Crippen molar-refractivity contribution in [2.75, 3.05) is 5.32 Å². The number of halogens is 1. The van der Waals surface area contributed by atoms with Gasteiger partial charge in [0.25, 0.3) is 0 Å². The summed E-state index contributed by atoms with van der Waals surface area (Å²) in [5.74, 6) is -0.139. The van der Waals surface area contributed by atoms with Gasteiger partial charge in [0.05, 0.1) is 10.9 Å². The Morgan fingerprint density at radius 1 is 1.19 bits per heavy atom. The van der Waals surface area contributed by atoms with Gasteiger partial charge in [-0.25, -0.2) is 0 Å². The number of para-hydroxylation sites is 1. The Hall–Kier alpha value is -2.38. The molecule has 0 radical (unpaired) electrons. The molecule has 2 aromatic carbocycles. The number of carbonyl (C=O) groups excluding carboxylic acids is 1. The summed E-state index contributed by atoms with van der Waals surface area (Å²) >= 11 is 7.31. The summed E-state index contributed by atoms with van der Waals surface area (Å²) in [5, 5.41) is 15.5. The standard InChI is InChI=1S/C18H18ClN5OS/c1-11-8-9-14(19)10-15(11)20-17(25)13(3)26-18-21-22-23-24(18)16-7-5-4-6-12(16)2/h4-10,13H,1-3H3,(H,20,25)/t13-/m0/s1. The Morgan fingerprint density at radius 2 is 1.96 bits per heavy atom. The Labute approximate surface area is 160 Å². The van der Waals surface area contributed by atoms with Gasteiger partial charge in [0.15, 0.2) is 0 Å². The fraction of sp³-hybridized carbons (Fsp3) is 0.222. The van der Waals surface area contributed by atoms with E-state index in [4.69, 9.17) is 11.6 Å². The summed E-state index contributed by atoms with van der Waals surface area (Å²) in [6.07, 6.45) is 0. The quantitative estimate of drug-likeness (QED) is 0.668. The van der Waals surface area contributed by atoms with Crippen molar-refractivity contribution in [1.82, 2.24) is 20.2 Å². The molecule has 0 saturated carbocycles. The van der Waals surface area contributed by atoms with E-state index < -0.39 is 0 Å². The van der Waals surface area contributed by atoms with E-state index in [1.54, 1.807) is 16.8 Å². The van der Waals surface area contributed by atoms with Crippen molar-refractivity contribution >= 4 is 35.0 Å². The second-order valence-electron chi connectivity index (χ2n) is 5.87. The molecule has 6 nitrogen and oxygen atoms in total. The van der Waals surface area contributed by atoms with Gasteiger partial charge in [-0.15, -0.1) is 5.10 Å². The van der Waals surface area contributed by atoms with Gasteiger partial charge in [0.2, 0.25) is 11.1 Å². The molecular formula is C18H18ClN5OS. The fourth-order valence-corrected chi connectivity index (χ4v) is 3.35. The van der Waals surface area contributed by atoms with Gasteiger partial charge in [-0.1, -0.05) is 47.6 Å². The summed E-state index contributed by atoms with van der Waals surface area (Å²) < 4.78 is 1.65. The van der Waals surface area contributed by atoms with Crippen LogP contribution >= 0.6 is 23.4 Å². The number of amides is 1. The fourth-order valence-electron chi connectivity index (χ4n) is 2.38. The topological polar surface area (TPSA) is 72.7 Å². The lowest BCUT2D eigenvalue weighted by atomic mass is 10.2. The Kier molecular flexibility index (Phi) is 5.58. The van der Waals surface area contributed by atoms with E-state index in [1.807, 2.05) is 51.1 Å². The minimum absolute atomic E-state index is 0.139. The van der Waals surface area contributed by atoms with Crippen LogP contribution in [0.15, 0.2) is 47.6 Å². The summed E-state index contributed by atoms with van der Waals surface area (Å²) in [6, 6.07) is 13.2. The number of carbonyl (C=O) groups is 1. The minimum Gasteiger partial charge on any atom is -0.325 e. The molecule has 0 aliphatic heterocycles. The third-order valence-corrected chi connectivity index (χ3v) is 5.16. The molecule has 0 fully saturated rings. The molecule has 0 saturated heterocycles. The molecule has 0 spiro atoms. The van der Waals surface area contributed by atoms with E-state index >= 15 is 0 Å². The van der Waals surface area contributed by atoms with E-state index in [2.05, 4.69) is 20.8 Å². The summed E-state index contributed by atoms with van der Waals surface area (Å²) in [4.78, 5) is 12.6. The Balaban J connectivity index is 1.76.